The first kappa shape index (κ1) is 14.4. The summed E-state index contributed by atoms with van der Waals surface area (Å²) >= 11 is 0. The zero-order valence-electron chi connectivity index (χ0n) is 10.4. The van der Waals surface area contributed by atoms with Crippen LogP contribution in [0.1, 0.15) is 18.4 Å². The number of H-pyrrole nitrogens is 1. The number of rotatable bonds is 7. The number of halogens is 2. The molecule has 0 unspecified atom stereocenters. The molecule has 1 aliphatic carbocycles. The summed E-state index contributed by atoms with van der Waals surface area (Å²) in [7, 11) is -2.83. The molecule has 1 aromatic heterocycles. The highest BCUT2D eigenvalue weighted by molar-refractivity contribution is 7.89. The number of hydrogen-bond acceptors (Lipinski definition) is 4. The maximum Gasteiger partial charge on any atom is 0.260 e. The number of nitrogens with one attached hydrogen (secondary N) is 2. The Bertz CT molecular complexity index is 527. The second-order valence-electron chi connectivity index (χ2n) is 4.56. The number of alkyl halides is 2. The fourth-order valence-corrected chi connectivity index (χ4v) is 2.88. The molecular weight excluding hydrogens is 278 g/mol. The average molecular weight is 294 g/mol. The van der Waals surface area contributed by atoms with E-state index in [1.54, 1.807) is 0 Å². The number of sulfonamides is 1. The van der Waals surface area contributed by atoms with E-state index in [1.807, 2.05) is 0 Å². The molecule has 9 heteroatoms. The van der Waals surface area contributed by atoms with Gasteiger partial charge in [-0.25, -0.2) is 17.2 Å². The molecule has 1 fully saturated rings. The highest BCUT2D eigenvalue weighted by atomic mass is 32.2. The van der Waals surface area contributed by atoms with Gasteiger partial charge in [0.25, 0.3) is 16.4 Å². The van der Waals surface area contributed by atoms with Gasteiger partial charge in [-0.2, -0.15) is 9.40 Å². The third-order valence-corrected chi connectivity index (χ3v) is 4.74. The van der Waals surface area contributed by atoms with Crippen LogP contribution in [0.5, 0.6) is 0 Å². The van der Waals surface area contributed by atoms with Crippen LogP contribution in [0.2, 0.25) is 0 Å². The monoisotopic (exact) mass is 294 g/mol. The molecule has 0 bridgehead atoms. The molecule has 1 saturated carbocycles. The lowest BCUT2D eigenvalue weighted by molar-refractivity contribution is 0.126. The summed E-state index contributed by atoms with van der Waals surface area (Å²) in [6.45, 7) is -0.477. The Labute approximate surface area is 110 Å². The summed E-state index contributed by atoms with van der Waals surface area (Å²) in [5, 5.41) is 9.11. The fourth-order valence-electron chi connectivity index (χ4n) is 1.64. The van der Waals surface area contributed by atoms with E-state index in [0.717, 1.165) is 19.9 Å². The van der Waals surface area contributed by atoms with Crippen molar-refractivity contribution < 1.29 is 17.2 Å². The van der Waals surface area contributed by atoms with Crippen molar-refractivity contribution in [2.45, 2.75) is 36.9 Å². The summed E-state index contributed by atoms with van der Waals surface area (Å²) in [5.74, 6) is 0. The highest BCUT2D eigenvalue weighted by Crippen LogP contribution is 2.21. The maximum atomic E-state index is 12.3. The number of aromatic amines is 1. The van der Waals surface area contributed by atoms with Gasteiger partial charge >= 0.3 is 0 Å². The largest absolute Gasteiger partial charge is 0.310 e. The van der Waals surface area contributed by atoms with Gasteiger partial charge in [0, 0.05) is 25.2 Å². The summed E-state index contributed by atoms with van der Waals surface area (Å²) in [4.78, 5) is 0. The highest BCUT2D eigenvalue weighted by Gasteiger charge is 2.28. The number of aromatic nitrogens is 2. The first-order valence-corrected chi connectivity index (χ1v) is 7.35. The molecule has 0 atom stereocenters. The fraction of sp³-hybridized carbons (Fsp3) is 0.700. The Hall–Kier alpha value is -1.06. The van der Waals surface area contributed by atoms with E-state index in [-0.39, 0.29) is 5.03 Å². The second kappa shape index (κ2) is 5.51. The molecule has 19 heavy (non-hydrogen) atoms. The molecule has 0 aliphatic heterocycles. The van der Waals surface area contributed by atoms with Gasteiger partial charge in [0.2, 0.25) is 0 Å². The Morgan fingerprint density at radius 2 is 2.26 bits per heavy atom. The van der Waals surface area contributed by atoms with Crippen molar-refractivity contribution in [3.05, 3.63) is 11.8 Å². The lowest BCUT2D eigenvalue weighted by Gasteiger charge is -2.16. The third-order valence-electron chi connectivity index (χ3n) is 2.90. The Morgan fingerprint density at radius 3 is 2.84 bits per heavy atom. The molecule has 0 radical (unpaired) electrons. The SMILES string of the molecule is CN(CC(F)F)S(=O)(=O)c1[nH]ncc1CNC1CC1. The third kappa shape index (κ3) is 3.48. The van der Waals surface area contributed by atoms with Crippen LogP contribution >= 0.6 is 0 Å². The zero-order valence-corrected chi connectivity index (χ0v) is 11.3. The summed E-state index contributed by atoms with van der Waals surface area (Å²) in [6, 6.07) is 0.421. The lowest BCUT2D eigenvalue weighted by Crippen LogP contribution is -2.32. The zero-order chi connectivity index (χ0) is 14.0. The van der Waals surface area contributed by atoms with Gasteiger partial charge in [0.1, 0.15) is 0 Å². The molecule has 2 N–H and O–H groups in total. The van der Waals surface area contributed by atoms with Crippen molar-refractivity contribution in [1.29, 1.82) is 0 Å². The van der Waals surface area contributed by atoms with Crippen molar-refractivity contribution in [2.75, 3.05) is 13.6 Å². The molecule has 2 rings (SSSR count). The van der Waals surface area contributed by atoms with Crippen LogP contribution in [0.3, 0.4) is 0 Å². The van der Waals surface area contributed by atoms with E-state index in [0.29, 0.717) is 22.5 Å². The van der Waals surface area contributed by atoms with Gasteiger partial charge in [-0.15, -0.1) is 0 Å². The van der Waals surface area contributed by atoms with Gasteiger partial charge in [0.05, 0.1) is 12.7 Å². The molecule has 0 amide bonds. The molecule has 0 spiro atoms. The topological polar surface area (TPSA) is 78.1 Å². The van der Waals surface area contributed by atoms with E-state index in [1.165, 1.54) is 6.20 Å². The minimum atomic E-state index is -3.95. The number of nitrogens with zero attached hydrogens (tertiary/aromatic N) is 2. The van der Waals surface area contributed by atoms with Gasteiger partial charge in [0.15, 0.2) is 5.03 Å². The van der Waals surface area contributed by atoms with Gasteiger partial charge in [-0.05, 0) is 12.8 Å². The van der Waals surface area contributed by atoms with Gasteiger partial charge in [-0.1, -0.05) is 0 Å². The summed E-state index contributed by atoms with van der Waals surface area (Å²) in [5.41, 5.74) is 0.466. The minimum Gasteiger partial charge on any atom is -0.310 e. The first-order valence-electron chi connectivity index (χ1n) is 5.91. The molecular formula is C10H16F2N4O2S. The summed E-state index contributed by atoms with van der Waals surface area (Å²) in [6.07, 6.45) is 0.838. The van der Waals surface area contributed by atoms with Crippen LogP contribution < -0.4 is 5.32 Å². The molecule has 6 nitrogen and oxygen atoms in total. The quantitative estimate of drug-likeness (QED) is 0.770. The predicted octanol–water partition coefficient (Wildman–Crippen LogP) is 0.547. The van der Waals surface area contributed by atoms with Crippen LogP contribution in [0, 0.1) is 0 Å². The van der Waals surface area contributed by atoms with Crippen LogP contribution in [0.15, 0.2) is 11.2 Å². The van der Waals surface area contributed by atoms with Crippen LogP contribution in [0.25, 0.3) is 0 Å². The molecule has 0 aromatic carbocycles. The van der Waals surface area contributed by atoms with Crippen molar-refractivity contribution in [3.8, 4) is 0 Å². The Kier molecular flexibility index (Phi) is 4.16. The maximum absolute atomic E-state index is 12.3. The summed E-state index contributed by atoms with van der Waals surface area (Å²) < 4.78 is 49.4. The van der Waals surface area contributed by atoms with Crippen molar-refractivity contribution in [3.63, 3.8) is 0 Å². The van der Waals surface area contributed by atoms with Crippen LogP contribution in [-0.2, 0) is 16.6 Å². The van der Waals surface area contributed by atoms with E-state index >= 15 is 0 Å². The lowest BCUT2D eigenvalue weighted by atomic mass is 10.3. The van der Waals surface area contributed by atoms with Crippen LogP contribution in [0.4, 0.5) is 8.78 Å². The Morgan fingerprint density at radius 1 is 1.58 bits per heavy atom. The molecule has 1 aromatic rings. The van der Waals surface area contributed by atoms with Gasteiger partial charge < -0.3 is 5.32 Å². The van der Waals surface area contributed by atoms with Crippen LogP contribution in [-0.4, -0.2) is 49.0 Å². The molecule has 0 saturated heterocycles. The smallest absolute Gasteiger partial charge is 0.260 e. The standard InChI is InChI=1S/C10H16F2N4O2S/c1-16(6-9(11)12)19(17,18)10-7(5-14-15-10)4-13-8-2-3-8/h5,8-9,13H,2-4,6H2,1H3,(H,14,15). The molecule has 1 aliphatic rings. The predicted molar refractivity (Wildman–Crippen MR) is 64.3 cm³/mol. The van der Waals surface area contributed by atoms with E-state index in [2.05, 4.69) is 15.5 Å². The van der Waals surface area contributed by atoms with Crippen molar-refractivity contribution in [2.24, 2.45) is 0 Å². The van der Waals surface area contributed by atoms with E-state index in [4.69, 9.17) is 0 Å². The molecule has 108 valence electrons. The normalized spacial score (nSPS) is 16.5. The Balaban J connectivity index is 2.12. The van der Waals surface area contributed by atoms with E-state index in [9.17, 15) is 17.2 Å². The van der Waals surface area contributed by atoms with E-state index < -0.39 is 23.0 Å². The second-order valence-corrected chi connectivity index (χ2v) is 6.54. The van der Waals surface area contributed by atoms with Gasteiger partial charge in [-0.3, -0.25) is 5.10 Å². The molecule has 1 heterocycles. The average Bonchev–Trinajstić information content (AvgIpc) is 3.02. The first-order chi connectivity index (χ1) is 8.91. The van der Waals surface area contributed by atoms with Crippen molar-refractivity contribution in [1.82, 2.24) is 19.8 Å². The minimum absolute atomic E-state index is 0.121. The number of hydrogen-bond donors (Lipinski definition) is 2. The van der Waals surface area contributed by atoms with Crippen molar-refractivity contribution >= 4 is 10.0 Å².